The normalized spacial score (nSPS) is 11.4. The molecule has 4 N–H and O–H groups in total. The summed E-state index contributed by atoms with van der Waals surface area (Å²) in [6.07, 6.45) is -1.00. The minimum absolute atomic E-state index is 0.362. The van der Waals surface area contributed by atoms with E-state index in [-0.39, 0.29) is 5.91 Å². The third-order valence-electron chi connectivity index (χ3n) is 2.30. The summed E-state index contributed by atoms with van der Waals surface area (Å²) in [5, 5.41) is 5.12. The molecular formula is C12H15N3O2S. The highest BCUT2D eigenvalue weighted by molar-refractivity contribution is 7.80. The van der Waals surface area contributed by atoms with Gasteiger partial charge >= 0.3 is 0 Å². The molecule has 0 spiro atoms. The van der Waals surface area contributed by atoms with Crippen LogP contribution in [-0.2, 0) is 9.59 Å². The van der Waals surface area contributed by atoms with Crippen LogP contribution in [0.3, 0.4) is 0 Å². The minimum Gasteiger partial charge on any atom is -0.366 e. The summed E-state index contributed by atoms with van der Waals surface area (Å²) in [7, 11) is 0. The van der Waals surface area contributed by atoms with Crippen molar-refractivity contribution in [1.29, 1.82) is 0 Å². The van der Waals surface area contributed by atoms with E-state index in [0.29, 0.717) is 4.99 Å². The van der Waals surface area contributed by atoms with Crippen LogP contribution in [0.5, 0.6) is 0 Å². The molecule has 6 heteroatoms. The van der Waals surface area contributed by atoms with Crippen LogP contribution in [0.4, 0.5) is 0 Å². The largest absolute Gasteiger partial charge is 0.366 e. The third kappa shape index (κ3) is 3.81. The molecule has 0 aromatic heterocycles. The molecule has 0 heterocycles. The molecule has 5 nitrogen and oxygen atoms in total. The Morgan fingerprint density at radius 3 is 2.39 bits per heavy atom. The number of nitrogens with two attached hydrogens (primary N) is 1. The zero-order valence-corrected chi connectivity index (χ0v) is 11.0. The monoisotopic (exact) mass is 265 g/mol. The second-order valence-electron chi connectivity index (χ2n) is 3.82. The average molecular weight is 265 g/mol. The average Bonchev–Trinajstić information content (AvgIpc) is 2.27. The van der Waals surface area contributed by atoms with Crippen LogP contribution in [0.15, 0.2) is 24.3 Å². The molecule has 96 valence electrons. The molecule has 2 amide bonds. The summed E-state index contributed by atoms with van der Waals surface area (Å²) in [5.41, 5.74) is 6.94. The molecule has 0 bridgehead atoms. The molecule has 1 rings (SSSR count). The summed E-state index contributed by atoms with van der Waals surface area (Å²) in [6.45, 7) is 3.20. The predicted octanol–water partition coefficient (Wildman–Crippen LogP) is 0.208. The number of hydrogen-bond donors (Lipinski definition) is 3. The van der Waals surface area contributed by atoms with Crippen LogP contribution < -0.4 is 16.4 Å². The molecule has 1 atom stereocenters. The van der Waals surface area contributed by atoms with Crippen molar-refractivity contribution < 1.29 is 9.59 Å². The number of primary amides is 1. The van der Waals surface area contributed by atoms with Crippen LogP contribution in [-0.4, -0.2) is 23.0 Å². The summed E-state index contributed by atoms with van der Waals surface area (Å²) >= 11 is 5.19. The molecule has 1 unspecified atom stereocenters. The fourth-order valence-corrected chi connectivity index (χ4v) is 1.76. The van der Waals surface area contributed by atoms with Crippen molar-refractivity contribution in [2.45, 2.75) is 20.0 Å². The Balaban J connectivity index is 2.82. The molecule has 1 aromatic rings. The maximum Gasteiger partial charge on any atom is 0.260 e. The van der Waals surface area contributed by atoms with Crippen LogP contribution in [0.1, 0.15) is 18.1 Å². The summed E-state index contributed by atoms with van der Waals surface area (Å²) in [5.74, 6) is -1.06. The van der Waals surface area contributed by atoms with Gasteiger partial charge in [0.25, 0.3) is 5.91 Å². The van der Waals surface area contributed by atoms with Gasteiger partial charge in [-0.2, -0.15) is 0 Å². The van der Waals surface area contributed by atoms with Gasteiger partial charge < -0.3 is 16.4 Å². The molecule has 0 saturated heterocycles. The molecule has 0 fully saturated rings. The number of carbonyl (C=O) groups is 2. The van der Waals surface area contributed by atoms with E-state index in [4.69, 9.17) is 18.0 Å². The molecule has 0 aliphatic heterocycles. The highest BCUT2D eigenvalue weighted by atomic mass is 32.1. The number of amides is 2. The fourth-order valence-electron chi connectivity index (χ4n) is 1.42. The van der Waals surface area contributed by atoms with Gasteiger partial charge in [0.05, 0.1) is 0 Å². The number of nitrogens with one attached hydrogen (secondary N) is 2. The second-order valence-corrected chi connectivity index (χ2v) is 4.23. The van der Waals surface area contributed by atoms with Gasteiger partial charge in [0.15, 0.2) is 6.17 Å². The molecule has 0 aliphatic rings. The Bertz CT molecular complexity index is 488. The van der Waals surface area contributed by atoms with E-state index in [1.165, 1.54) is 6.92 Å². The van der Waals surface area contributed by atoms with E-state index >= 15 is 0 Å². The second kappa shape index (κ2) is 6.11. The lowest BCUT2D eigenvalue weighted by Gasteiger charge is -2.18. The standard InChI is InChI=1S/C12H15N3O2S/c1-7-5-3-4-6-9(7)12(18)15-11(10(13)17)14-8(2)16/h3-6,11H,1-2H3,(H2,13,17)(H,14,16)(H,15,18). The van der Waals surface area contributed by atoms with Crippen LogP contribution in [0, 0.1) is 6.92 Å². The van der Waals surface area contributed by atoms with Crippen molar-refractivity contribution in [3.63, 3.8) is 0 Å². The topological polar surface area (TPSA) is 84.2 Å². The minimum atomic E-state index is -1.00. The molecular weight excluding hydrogens is 250 g/mol. The van der Waals surface area contributed by atoms with E-state index in [9.17, 15) is 9.59 Å². The number of benzene rings is 1. The first kappa shape index (κ1) is 14.1. The number of thiocarbonyl (C=S) groups is 1. The summed E-state index contributed by atoms with van der Waals surface area (Å²) < 4.78 is 0. The van der Waals surface area contributed by atoms with Crippen molar-refractivity contribution >= 4 is 29.0 Å². The maximum atomic E-state index is 11.2. The highest BCUT2D eigenvalue weighted by Crippen LogP contribution is 2.07. The van der Waals surface area contributed by atoms with Crippen LogP contribution >= 0.6 is 12.2 Å². The zero-order chi connectivity index (χ0) is 13.7. The van der Waals surface area contributed by atoms with Gasteiger partial charge in [-0.05, 0) is 12.5 Å². The molecule has 1 aromatic carbocycles. The van der Waals surface area contributed by atoms with Crippen LogP contribution in [0.25, 0.3) is 0 Å². The Kier molecular flexibility index (Phi) is 4.79. The zero-order valence-electron chi connectivity index (χ0n) is 10.2. The quantitative estimate of drug-likeness (QED) is 0.536. The lowest BCUT2D eigenvalue weighted by Crippen LogP contribution is -2.54. The Morgan fingerprint density at radius 2 is 1.89 bits per heavy atom. The van der Waals surface area contributed by atoms with Crippen molar-refractivity contribution in [2.75, 3.05) is 0 Å². The first-order valence-corrected chi connectivity index (χ1v) is 5.75. The number of hydrogen-bond acceptors (Lipinski definition) is 3. The number of aryl methyl sites for hydroxylation is 1. The molecule has 0 aliphatic carbocycles. The van der Waals surface area contributed by atoms with Gasteiger partial charge in [-0.1, -0.05) is 36.5 Å². The number of rotatable bonds is 4. The van der Waals surface area contributed by atoms with E-state index < -0.39 is 12.1 Å². The highest BCUT2D eigenvalue weighted by Gasteiger charge is 2.18. The van der Waals surface area contributed by atoms with Crippen molar-refractivity contribution in [1.82, 2.24) is 10.6 Å². The van der Waals surface area contributed by atoms with Gasteiger partial charge in [-0.25, -0.2) is 0 Å². The maximum absolute atomic E-state index is 11.2. The van der Waals surface area contributed by atoms with E-state index in [0.717, 1.165) is 11.1 Å². The molecule has 18 heavy (non-hydrogen) atoms. The van der Waals surface area contributed by atoms with Crippen molar-refractivity contribution in [2.24, 2.45) is 5.73 Å². The SMILES string of the molecule is CC(=O)NC(NC(=S)c1ccccc1C)C(N)=O. The van der Waals surface area contributed by atoms with Gasteiger partial charge in [-0.15, -0.1) is 0 Å². The fraction of sp³-hybridized carbons (Fsp3) is 0.250. The Labute approximate surface area is 111 Å². The molecule has 0 radical (unpaired) electrons. The number of carbonyl (C=O) groups excluding carboxylic acids is 2. The Hall–Kier alpha value is -1.95. The van der Waals surface area contributed by atoms with Crippen LogP contribution in [0.2, 0.25) is 0 Å². The van der Waals surface area contributed by atoms with Gasteiger partial charge in [-0.3, -0.25) is 9.59 Å². The summed E-state index contributed by atoms with van der Waals surface area (Å²) in [4.78, 5) is 22.5. The first-order valence-electron chi connectivity index (χ1n) is 5.34. The van der Waals surface area contributed by atoms with E-state index in [1.54, 1.807) is 0 Å². The smallest absolute Gasteiger partial charge is 0.260 e. The Morgan fingerprint density at radius 1 is 1.28 bits per heavy atom. The van der Waals surface area contributed by atoms with E-state index in [2.05, 4.69) is 10.6 Å². The lowest BCUT2D eigenvalue weighted by molar-refractivity contribution is -0.126. The molecule has 0 saturated carbocycles. The summed E-state index contributed by atoms with van der Waals surface area (Å²) in [6, 6.07) is 7.46. The van der Waals surface area contributed by atoms with Gasteiger partial charge in [0.1, 0.15) is 4.99 Å². The lowest BCUT2D eigenvalue weighted by atomic mass is 10.1. The predicted molar refractivity (Wildman–Crippen MR) is 72.8 cm³/mol. The van der Waals surface area contributed by atoms with Gasteiger partial charge in [0.2, 0.25) is 5.91 Å². The van der Waals surface area contributed by atoms with E-state index in [1.807, 2.05) is 31.2 Å². The van der Waals surface area contributed by atoms with Crippen molar-refractivity contribution in [3.8, 4) is 0 Å². The third-order valence-corrected chi connectivity index (χ3v) is 2.64. The van der Waals surface area contributed by atoms with Crippen molar-refractivity contribution in [3.05, 3.63) is 35.4 Å². The van der Waals surface area contributed by atoms with Gasteiger partial charge in [0, 0.05) is 12.5 Å². The first-order chi connectivity index (χ1) is 8.41.